The van der Waals surface area contributed by atoms with Gasteiger partial charge in [-0.25, -0.2) is 0 Å². The standard InChI is InChI=1S/C19H22O2/c1-13-7-5-12-17(20)18(13)16-11-6-10-15(19(16)21)14-8-3-2-4-9-14/h5-7,10-12,14,20-21H,2-4,8-9H2,1H3. The van der Waals surface area contributed by atoms with Crippen molar-refractivity contribution in [1.82, 2.24) is 0 Å². The molecule has 0 amide bonds. The lowest BCUT2D eigenvalue weighted by molar-refractivity contribution is 0.415. The highest BCUT2D eigenvalue weighted by Gasteiger charge is 2.21. The Hall–Kier alpha value is -1.96. The zero-order valence-electron chi connectivity index (χ0n) is 12.5. The van der Waals surface area contributed by atoms with Gasteiger partial charge in [-0.1, -0.05) is 49.6 Å². The third kappa shape index (κ3) is 2.63. The number of phenolic OH excluding ortho intramolecular Hbond substituents is 2. The topological polar surface area (TPSA) is 40.5 Å². The van der Waals surface area contributed by atoms with Gasteiger partial charge >= 0.3 is 0 Å². The summed E-state index contributed by atoms with van der Waals surface area (Å²) in [6.45, 7) is 1.96. The van der Waals surface area contributed by atoms with Crippen LogP contribution in [0.3, 0.4) is 0 Å². The van der Waals surface area contributed by atoms with Crippen molar-refractivity contribution < 1.29 is 10.2 Å². The maximum absolute atomic E-state index is 10.7. The van der Waals surface area contributed by atoms with E-state index in [4.69, 9.17) is 0 Å². The highest BCUT2D eigenvalue weighted by molar-refractivity contribution is 5.79. The highest BCUT2D eigenvalue weighted by Crippen LogP contribution is 2.44. The van der Waals surface area contributed by atoms with Crippen LogP contribution in [0.4, 0.5) is 0 Å². The van der Waals surface area contributed by atoms with Crippen LogP contribution in [0.5, 0.6) is 11.5 Å². The Balaban J connectivity index is 2.08. The molecule has 1 aliphatic rings. The van der Waals surface area contributed by atoms with Crippen LogP contribution in [0.1, 0.15) is 49.1 Å². The predicted octanol–water partition coefficient (Wildman–Crippen LogP) is 5.12. The third-order valence-corrected chi connectivity index (χ3v) is 4.63. The summed E-state index contributed by atoms with van der Waals surface area (Å²) < 4.78 is 0. The van der Waals surface area contributed by atoms with E-state index < -0.39 is 0 Å². The molecular formula is C19H22O2. The molecule has 2 nitrogen and oxygen atoms in total. The van der Waals surface area contributed by atoms with E-state index in [1.54, 1.807) is 6.07 Å². The molecule has 2 aromatic carbocycles. The second-order valence-corrected chi connectivity index (χ2v) is 6.05. The Kier molecular flexibility index (Phi) is 3.87. The molecule has 0 saturated heterocycles. The van der Waals surface area contributed by atoms with E-state index in [-0.39, 0.29) is 5.75 Å². The van der Waals surface area contributed by atoms with Gasteiger partial charge < -0.3 is 10.2 Å². The van der Waals surface area contributed by atoms with Crippen molar-refractivity contribution in [2.45, 2.75) is 44.9 Å². The molecule has 0 radical (unpaired) electrons. The molecule has 1 saturated carbocycles. The first kappa shape index (κ1) is 14.0. The number of para-hydroxylation sites is 1. The molecule has 1 fully saturated rings. The van der Waals surface area contributed by atoms with Crippen LogP contribution >= 0.6 is 0 Å². The minimum atomic E-state index is 0.228. The smallest absolute Gasteiger partial charge is 0.127 e. The fourth-order valence-corrected chi connectivity index (χ4v) is 3.51. The second-order valence-electron chi connectivity index (χ2n) is 6.05. The van der Waals surface area contributed by atoms with E-state index in [1.807, 2.05) is 37.3 Å². The number of aromatic hydroxyl groups is 2. The summed E-state index contributed by atoms with van der Waals surface area (Å²) >= 11 is 0. The van der Waals surface area contributed by atoms with Gasteiger partial charge in [-0.05, 0) is 42.9 Å². The maximum atomic E-state index is 10.7. The first-order valence-corrected chi connectivity index (χ1v) is 7.79. The first-order chi connectivity index (χ1) is 10.2. The first-order valence-electron chi connectivity index (χ1n) is 7.79. The highest BCUT2D eigenvalue weighted by atomic mass is 16.3. The lowest BCUT2D eigenvalue weighted by atomic mass is 9.82. The molecule has 0 aliphatic heterocycles. The Morgan fingerprint density at radius 3 is 2.33 bits per heavy atom. The second kappa shape index (κ2) is 5.80. The average molecular weight is 282 g/mol. The van der Waals surface area contributed by atoms with Crippen molar-refractivity contribution in [2.75, 3.05) is 0 Å². The van der Waals surface area contributed by atoms with E-state index in [1.165, 1.54) is 19.3 Å². The van der Waals surface area contributed by atoms with Crippen molar-refractivity contribution in [3.05, 3.63) is 47.5 Å². The minimum Gasteiger partial charge on any atom is -0.507 e. The number of rotatable bonds is 2. The van der Waals surface area contributed by atoms with E-state index in [0.29, 0.717) is 11.7 Å². The van der Waals surface area contributed by atoms with Gasteiger partial charge in [-0.15, -0.1) is 0 Å². The van der Waals surface area contributed by atoms with Gasteiger partial charge in [0.2, 0.25) is 0 Å². The van der Waals surface area contributed by atoms with Crippen LogP contribution < -0.4 is 0 Å². The number of hydrogen-bond acceptors (Lipinski definition) is 2. The molecule has 0 unspecified atom stereocenters. The molecule has 2 aromatic rings. The summed E-state index contributed by atoms with van der Waals surface area (Å²) in [5, 5.41) is 20.9. The molecule has 2 N–H and O–H groups in total. The molecule has 21 heavy (non-hydrogen) atoms. The molecule has 110 valence electrons. The molecule has 0 heterocycles. The van der Waals surface area contributed by atoms with Gasteiger partial charge in [-0.2, -0.15) is 0 Å². The van der Waals surface area contributed by atoms with Crippen LogP contribution in [-0.2, 0) is 0 Å². The molecule has 0 bridgehead atoms. The monoisotopic (exact) mass is 282 g/mol. The molecule has 2 heteroatoms. The zero-order valence-corrected chi connectivity index (χ0v) is 12.5. The van der Waals surface area contributed by atoms with Crippen LogP contribution in [0.25, 0.3) is 11.1 Å². The largest absolute Gasteiger partial charge is 0.507 e. The van der Waals surface area contributed by atoms with E-state index in [2.05, 4.69) is 0 Å². The molecule has 0 aromatic heterocycles. The van der Waals surface area contributed by atoms with Crippen molar-refractivity contribution >= 4 is 0 Å². The van der Waals surface area contributed by atoms with E-state index in [0.717, 1.165) is 35.1 Å². The lowest BCUT2D eigenvalue weighted by Gasteiger charge is -2.24. The third-order valence-electron chi connectivity index (χ3n) is 4.63. The van der Waals surface area contributed by atoms with Crippen LogP contribution in [0, 0.1) is 6.92 Å². The fourth-order valence-electron chi connectivity index (χ4n) is 3.51. The Morgan fingerprint density at radius 1 is 0.905 bits per heavy atom. The van der Waals surface area contributed by atoms with E-state index >= 15 is 0 Å². The molecule has 3 rings (SSSR count). The number of hydrogen-bond donors (Lipinski definition) is 2. The van der Waals surface area contributed by atoms with Crippen molar-refractivity contribution in [3.8, 4) is 22.6 Å². The van der Waals surface area contributed by atoms with Crippen LogP contribution in [-0.4, -0.2) is 10.2 Å². The maximum Gasteiger partial charge on any atom is 0.127 e. The minimum absolute atomic E-state index is 0.228. The summed E-state index contributed by atoms with van der Waals surface area (Å²) in [5.74, 6) is 1.02. The normalized spacial score (nSPS) is 16.0. The summed E-state index contributed by atoms with van der Waals surface area (Å²) in [5.41, 5.74) is 3.50. The van der Waals surface area contributed by atoms with Crippen molar-refractivity contribution in [1.29, 1.82) is 0 Å². The van der Waals surface area contributed by atoms with Crippen LogP contribution in [0.2, 0.25) is 0 Å². The SMILES string of the molecule is Cc1cccc(O)c1-c1cccc(C2CCCCC2)c1O. The molecular weight excluding hydrogens is 260 g/mol. The zero-order chi connectivity index (χ0) is 14.8. The number of benzene rings is 2. The molecule has 0 spiro atoms. The summed E-state index contributed by atoms with van der Waals surface area (Å²) in [4.78, 5) is 0. The van der Waals surface area contributed by atoms with Gasteiger partial charge in [0.1, 0.15) is 11.5 Å². The predicted molar refractivity (Wildman–Crippen MR) is 85.8 cm³/mol. The van der Waals surface area contributed by atoms with Gasteiger partial charge in [-0.3, -0.25) is 0 Å². The molecule has 1 aliphatic carbocycles. The van der Waals surface area contributed by atoms with Gasteiger partial charge in [0.25, 0.3) is 0 Å². The van der Waals surface area contributed by atoms with Gasteiger partial charge in [0, 0.05) is 11.1 Å². The Morgan fingerprint density at radius 2 is 1.62 bits per heavy atom. The average Bonchev–Trinajstić information content (AvgIpc) is 2.49. The van der Waals surface area contributed by atoms with Gasteiger partial charge in [0.15, 0.2) is 0 Å². The summed E-state index contributed by atoms with van der Waals surface area (Å²) in [6.07, 6.45) is 6.08. The van der Waals surface area contributed by atoms with Gasteiger partial charge in [0.05, 0.1) is 0 Å². The fraction of sp³-hybridized carbons (Fsp3) is 0.368. The summed E-state index contributed by atoms with van der Waals surface area (Å²) in [7, 11) is 0. The van der Waals surface area contributed by atoms with Crippen molar-refractivity contribution in [2.24, 2.45) is 0 Å². The molecule has 0 atom stereocenters. The Bertz CT molecular complexity index is 620. The Labute approximate surface area is 126 Å². The quantitative estimate of drug-likeness (QED) is 0.802. The number of phenols is 2. The lowest BCUT2D eigenvalue weighted by Crippen LogP contribution is -2.05. The van der Waals surface area contributed by atoms with Crippen LogP contribution in [0.15, 0.2) is 36.4 Å². The summed E-state index contributed by atoms with van der Waals surface area (Å²) in [6, 6.07) is 11.4. The van der Waals surface area contributed by atoms with E-state index in [9.17, 15) is 10.2 Å². The number of aryl methyl sites for hydroxylation is 1. The van der Waals surface area contributed by atoms with Crippen molar-refractivity contribution in [3.63, 3.8) is 0 Å².